The second kappa shape index (κ2) is 6.88. The highest BCUT2D eigenvalue weighted by molar-refractivity contribution is 7.88. The van der Waals surface area contributed by atoms with Crippen molar-refractivity contribution in [3.8, 4) is 0 Å². The van der Waals surface area contributed by atoms with E-state index in [-0.39, 0.29) is 0 Å². The lowest BCUT2D eigenvalue weighted by molar-refractivity contribution is -0.140. The predicted octanol–water partition coefficient (Wildman–Crippen LogP) is 2.38. The Balaban J connectivity index is 1.98. The molecule has 0 saturated carbocycles. The standard InChI is InChI=1S/C14H23F3N2O2S/c1-22(20,21)19(11-14(15,16)17)13-7-9-18(10-8-13)12-5-3-2-4-6-12/h3,5,12-13H,2,4,6-11H2,1H3. The molecule has 0 radical (unpaired) electrons. The topological polar surface area (TPSA) is 40.6 Å². The molecule has 1 unspecified atom stereocenters. The van der Waals surface area contributed by atoms with Crippen molar-refractivity contribution in [3.63, 3.8) is 0 Å². The fraction of sp³-hybridized carbons (Fsp3) is 0.857. The maximum atomic E-state index is 12.6. The summed E-state index contributed by atoms with van der Waals surface area (Å²) in [6, 6.07) is -0.204. The molecule has 2 aliphatic rings. The van der Waals surface area contributed by atoms with Crippen molar-refractivity contribution in [2.75, 3.05) is 25.9 Å². The van der Waals surface area contributed by atoms with E-state index in [0.717, 1.165) is 25.5 Å². The smallest absolute Gasteiger partial charge is 0.297 e. The lowest BCUT2D eigenvalue weighted by atomic mass is 9.97. The quantitative estimate of drug-likeness (QED) is 0.738. The van der Waals surface area contributed by atoms with E-state index < -0.39 is 28.8 Å². The number of nitrogens with zero attached hydrogens (tertiary/aromatic N) is 2. The first-order valence-corrected chi connectivity index (χ1v) is 9.46. The number of likely N-dealkylation sites (tertiary alicyclic amines) is 1. The largest absolute Gasteiger partial charge is 0.402 e. The molecular weight excluding hydrogens is 317 g/mol. The molecule has 0 aromatic rings. The first-order chi connectivity index (χ1) is 10.2. The Morgan fingerprint density at radius 1 is 1.23 bits per heavy atom. The van der Waals surface area contributed by atoms with Gasteiger partial charge in [-0.1, -0.05) is 12.2 Å². The molecule has 2 rings (SSSR count). The number of rotatable bonds is 4. The molecule has 0 aromatic carbocycles. The average Bonchev–Trinajstić information content (AvgIpc) is 2.44. The Kier molecular flexibility index (Phi) is 5.55. The minimum atomic E-state index is -4.51. The van der Waals surface area contributed by atoms with Crippen LogP contribution in [0.15, 0.2) is 12.2 Å². The van der Waals surface area contributed by atoms with E-state index in [0.29, 0.717) is 36.3 Å². The van der Waals surface area contributed by atoms with Crippen LogP contribution < -0.4 is 0 Å². The molecule has 4 nitrogen and oxygen atoms in total. The number of sulfonamides is 1. The summed E-state index contributed by atoms with van der Waals surface area (Å²) in [7, 11) is -3.86. The Morgan fingerprint density at radius 2 is 1.86 bits per heavy atom. The number of hydrogen-bond donors (Lipinski definition) is 0. The van der Waals surface area contributed by atoms with Gasteiger partial charge < -0.3 is 0 Å². The van der Waals surface area contributed by atoms with Gasteiger partial charge in [0.05, 0.1) is 6.26 Å². The molecule has 1 aliphatic carbocycles. The molecule has 1 atom stereocenters. The summed E-state index contributed by atoms with van der Waals surface area (Å²) in [6.45, 7) is -0.104. The van der Waals surface area contributed by atoms with Crippen LogP contribution in [0.1, 0.15) is 32.1 Å². The van der Waals surface area contributed by atoms with Crippen molar-refractivity contribution in [2.24, 2.45) is 0 Å². The zero-order chi connectivity index (χ0) is 16.4. The molecule has 1 fully saturated rings. The zero-order valence-electron chi connectivity index (χ0n) is 12.7. The maximum absolute atomic E-state index is 12.6. The van der Waals surface area contributed by atoms with Crippen molar-refractivity contribution >= 4 is 10.0 Å². The van der Waals surface area contributed by atoms with Crippen molar-refractivity contribution in [3.05, 3.63) is 12.2 Å². The first kappa shape index (κ1) is 17.7. The highest BCUT2D eigenvalue weighted by Gasteiger charge is 2.39. The molecule has 0 N–H and O–H groups in total. The van der Waals surface area contributed by atoms with Crippen LogP contribution in [-0.4, -0.2) is 61.8 Å². The average molecular weight is 340 g/mol. The third-order valence-electron chi connectivity index (χ3n) is 4.37. The van der Waals surface area contributed by atoms with Gasteiger partial charge >= 0.3 is 6.18 Å². The maximum Gasteiger partial charge on any atom is 0.402 e. The summed E-state index contributed by atoms with van der Waals surface area (Å²) in [5, 5.41) is 0. The monoisotopic (exact) mass is 340 g/mol. The Morgan fingerprint density at radius 3 is 2.32 bits per heavy atom. The lowest BCUT2D eigenvalue weighted by Crippen LogP contribution is -2.51. The fourth-order valence-electron chi connectivity index (χ4n) is 3.30. The molecule has 0 aromatic heterocycles. The SMILES string of the molecule is CS(=O)(=O)N(CC(F)(F)F)C1CCN(C2C=CCCC2)CC1. The molecule has 22 heavy (non-hydrogen) atoms. The summed E-state index contributed by atoms with van der Waals surface area (Å²) in [6.07, 6.45) is 4.84. The number of halogens is 3. The van der Waals surface area contributed by atoms with Crippen molar-refractivity contribution < 1.29 is 21.6 Å². The highest BCUT2D eigenvalue weighted by Crippen LogP contribution is 2.27. The van der Waals surface area contributed by atoms with Crippen LogP contribution >= 0.6 is 0 Å². The molecule has 0 spiro atoms. The third-order valence-corrected chi connectivity index (χ3v) is 5.64. The van der Waals surface area contributed by atoms with Gasteiger partial charge in [0.25, 0.3) is 0 Å². The van der Waals surface area contributed by atoms with Crippen LogP contribution in [0.25, 0.3) is 0 Å². The molecule has 8 heteroatoms. The first-order valence-electron chi connectivity index (χ1n) is 7.61. The molecule has 0 bridgehead atoms. The second-order valence-corrected chi connectivity index (χ2v) is 8.05. The van der Waals surface area contributed by atoms with Crippen LogP contribution in [0, 0.1) is 0 Å². The van der Waals surface area contributed by atoms with Crippen molar-refractivity contribution in [2.45, 2.75) is 50.4 Å². The summed E-state index contributed by atoms with van der Waals surface area (Å²) >= 11 is 0. The fourth-order valence-corrected chi connectivity index (χ4v) is 4.43. The molecule has 1 heterocycles. The third kappa shape index (κ3) is 4.96. The zero-order valence-corrected chi connectivity index (χ0v) is 13.5. The van der Waals surface area contributed by atoms with E-state index in [1.807, 2.05) is 0 Å². The molecule has 0 amide bonds. The summed E-state index contributed by atoms with van der Waals surface area (Å²) < 4.78 is 61.9. The van der Waals surface area contributed by atoms with E-state index in [1.165, 1.54) is 0 Å². The van der Waals surface area contributed by atoms with E-state index in [9.17, 15) is 21.6 Å². The molecule has 128 valence electrons. The summed E-state index contributed by atoms with van der Waals surface area (Å²) in [4.78, 5) is 2.25. The highest BCUT2D eigenvalue weighted by atomic mass is 32.2. The van der Waals surface area contributed by atoms with Crippen molar-refractivity contribution in [1.29, 1.82) is 0 Å². The number of piperidine rings is 1. The van der Waals surface area contributed by atoms with Crippen LogP contribution in [0.4, 0.5) is 13.2 Å². The number of alkyl halides is 3. The van der Waals surface area contributed by atoms with Gasteiger partial charge in [-0.15, -0.1) is 0 Å². The van der Waals surface area contributed by atoms with Gasteiger partial charge in [-0.05, 0) is 32.1 Å². The molecule has 1 saturated heterocycles. The lowest BCUT2D eigenvalue weighted by Gasteiger charge is -2.40. The van der Waals surface area contributed by atoms with Gasteiger partial charge in [0.2, 0.25) is 10.0 Å². The van der Waals surface area contributed by atoms with E-state index in [1.54, 1.807) is 0 Å². The van der Waals surface area contributed by atoms with Gasteiger partial charge in [0.15, 0.2) is 0 Å². The van der Waals surface area contributed by atoms with Gasteiger partial charge in [-0.25, -0.2) is 8.42 Å². The van der Waals surface area contributed by atoms with E-state index in [4.69, 9.17) is 0 Å². The van der Waals surface area contributed by atoms with Crippen LogP contribution in [0.5, 0.6) is 0 Å². The van der Waals surface area contributed by atoms with Gasteiger partial charge in [0.1, 0.15) is 6.54 Å². The van der Waals surface area contributed by atoms with Crippen LogP contribution in [0.3, 0.4) is 0 Å². The Labute approximate surface area is 130 Å². The van der Waals surface area contributed by atoms with Gasteiger partial charge in [-0.3, -0.25) is 4.90 Å². The summed E-state index contributed by atoms with van der Waals surface area (Å²) in [5.74, 6) is 0. The normalized spacial score (nSPS) is 25.8. The molecule has 1 aliphatic heterocycles. The van der Waals surface area contributed by atoms with E-state index in [2.05, 4.69) is 17.1 Å². The minimum absolute atomic E-state index is 0.351. The van der Waals surface area contributed by atoms with Gasteiger partial charge in [-0.2, -0.15) is 17.5 Å². The van der Waals surface area contributed by atoms with E-state index >= 15 is 0 Å². The summed E-state index contributed by atoms with van der Waals surface area (Å²) in [5.41, 5.74) is 0. The second-order valence-electron chi connectivity index (χ2n) is 6.12. The van der Waals surface area contributed by atoms with Crippen LogP contribution in [0.2, 0.25) is 0 Å². The predicted molar refractivity (Wildman–Crippen MR) is 79.0 cm³/mol. The number of allylic oxidation sites excluding steroid dienone is 1. The Bertz CT molecular complexity index is 497. The number of hydrogen-bond acceptors (Lipinski definition) is 3. The van der Waals surface area contributed by atoms with Crippen molar-refractivity contribution in [1.82, 2.24) is 9.21 Å². The molecular formula is C14H23F3N2O2S. The van der Waals surface area contributed by atoms with Crippen LogP contribution in [-0.2, 0) is 10.0 Å². The van der Waals surface area contributed by atoms with Gasteiger partial charge in [0, 0.05) is 25.2 Å². The minimum Gasteiger partial charge on any atom is -0.297 e. The Hall–Kier alpha value is -0.600.